The molecule has 3 nitrogen and oxygen atoms in total. The Morgan fingerprint density at radius 2 is 2.10 bits per heavy atom. The molecular weight excluding hydrogens is 253 g/mol. The van der Waals surface area contributed by atoms with Crippen molar-refractivity contribution < 1.29 is 4.39 Å². The van der Waals surface area contributed by atoms with Crippen LogP contribution in [0.25, 0.3) is 0 Å². The molecule has 0 aliphatic rings. The Kier molecular flexibility index (Phi) is 4.56. The van der Waals surface area contributed by atoms with Crippen LogP contribution >= 0.6 is 0 Å². The fourth-order valence-corrected chi connectivity index (χ4v) is 2.21. The number of anilines is 1. The van der Waals surface area contributed by atoms with E-state index in [2.05, 4.69) is 28.4 Å². The minimum absolute atomic E-state index is 0.201. The van der Waals surface area contributed by atoms with Gasteiger partial charge in [0.2, 0.25) is 5.95 Å². The van der Waals surface area contributed by atoms with Crippen molar-refractivity contribution in [3.05, 3.63) is 60.2 Å². The number of rotatable bonds is 6. The van der Waals surface area contributed by atoms with Crippen molar-refractivity contribution in [2.45, 2.75) is 26.3 Å². The van der Waals surface area contributed by atoms with Gasteiger partial charge in [-0.2, -0.15) is 0 Å². The Morgan fingerprint density at radius 1 is 1.40 bits per heavy atom. The maximum atomic E-state index is 12.9. The molecular formula is C16H20FN3. The van der Waals surface area contributed by atoms with Gasteiger partial charge in [0.15, 0.2) is 0 Å². The number of hydrogen-bond acceptors (Lipinski definition) is 2. The predicted molar refractivity (Wildman–Crippen MR) is 80.5 cm³/mol. The first-order valence-corrected chi connectivity index (χ1v) is 6.75. The van der Waals surface area contributed by atoms with Crippen LogP contribution in [0.15, 0.2) is 43.1 Å². The first-order valence-electron chi connectivity index (χ1n) is 6.75. The van der Waals surface area contributed by atoms with Gasteiger partial charge in [0, 0.05) is 18.8 Å². The zero-order valence-corrected chi connectivity index (χ0v) is 11.9. The van der Waals surface area contributed by atoms with Crippen molar-refractivity contribution in [1.82, 2.24) is 9.55 Å². The van der Waals surface area contributed by atoms with E-state index >= 15 is 0 Å². The molecule has 0 fully saturated rings. The molecule has 1 aromatic heterocycles. The van der Waals surface area contributed by atoms with E-state index in [-0.39, 0.29) is 11.9 Å². The van der Waals surface area contributed by atoms with E-state index in [9.17, 15) is 4.39 Å². The molecule has 0 aliphatic heterocycles. The van der Waals surface area contributed by atoms with Gasteiger partial charge in [-0.05, 0) is 38.0 Å². The monoisotopic (exact) mass is 273 g/mol. The van der Waals surface area contributed by atoms with E-state index in [1.165, 1.54) is 12.1 Å². The third-order valence-corrected chi connectivity index (χ3v) is 3.18. The minimum atomic E-state index is -0.201. The summed E-state index contributed by atoms with van der Waals surface area (Å²) in [6, 6.07) is 6.89. The molecule has 4 heteroatoms. The smallest absolute Gasteiger partial charge is 0.203 e. The van der Waals surface area contributed by atoms with Gasteiger partial charge in [-0.3, -0.25) is 0 Å². The summed E-state index contributed by atoms with van der Waals surface area (Å²) in [5.41, 5.74) is 2.09. The molecule has 20 heavy (non-hydrogen) atoms. The number of nitrogens with zero attached hydrogens (tertiary/aromatic N) is 2. The molecule has 0 amide bonds. The maximum absolute atomic E-state index is 12.9. The van der Waals surface area contributed by atoms with Gasteiger partial charge in [0.25, 0.3) is 0 Å². The van der Waals surface area contributed by atoms with Gasteiger partial charge >= 0.3 is 0 Å². The van der Waals surface area contributed by atoms with Crippen LogP contribution in [0.3, 0.4) is 0 Å². The van der Waals surface area contributed by atoms with Gasteiger partial charge in [-0.1, -0.05) is 18.2 Å². The van der Waals surface area contributed by atoms with Crippen LogP contribution in [-0.4, -0.2) is 16.1 Å². The number of nitrogens with one attached hydrogen (secondary N) is 1. The van der Waals surface area contributed by atoms with Crippen LogP contribution in [0.5, 0.6) is 0 Å². The van der Waals surface area contributed by atoms with Gasteiger partial charge in [0.05, 0.1) is 5.69 Å². The largest absolute Gasteiger partial charge is 0.352 e. The molecule has 0 saturated heterocycles. The highest BCUT2D eigenvalue weighted by atomic mass is 19.1. The van der Waals surface area contributed by atoms with Gasteiger partial charge in [-0.25, -0.2) is 9.37 Å². The summed E-state index contributed by atoms with van der Waals surface area (Å²) in [7, 11) is 0. The molecule has 1 heterocycles. The van der Waals surface area contributed by atoms with Crippen molar-refractivity contribution in [3.8, 4) is 0 Å². The van der Waals surface area contributed by atoms with E-state index in [4.69, 9.17) is 0 Å². The first-order chi connectivity index (χ1) is 9.60. The maximum Gasteiger partial charge on any atom is 0.203 e. The number of halogens is 1. The van der Waals surface area contributed by atoms with E-state index in [0.717, 1.165) is 23.6 Å². The zero-order chi connectivity index (χ0) is 14.5. The number of hydrogen-bond donors (Lipinski definition) is 1. The molecule has 1 aromatic carbocycles. The third-order valence-electron chi connectivity index (χ3n) is 3.18. The quantitative estimate of drug-likeness (QED) is 0.813. The first kappa shape index (κ1) is 14.3. The van der Waals surface area contributed by atoms with Crippen LogP contribution < -0.4 is 5.32 Å². The van der Waals surface area contributed by atoms with Crippen molar-refractivity contribution >= 4 is 5.95 Å². The molecule has 0 spiro atoms. The highest BCUT2D eigenvalue weighted by Crippen LogP contribution is 2.20. The molecule has 0 radical (unpaired) electrons. The van der Waals surface area contributed by atoms with Crippen molar-refractivity contribution in [2.24, 2.45) is 0 Å². The minimum Gasteiger partial charge on any atom is -0.352 e. The summed E-state index contributed by atoms with van der Waals surface area (Å²) in [6.45, 7) is 8.48. The topological polar surface area (TPSA) is 29.9 Å². The predicted octanol–water partition coefficient (Wildman–Crippen LogP) is 3.73. The van der Waals surface area contributed by atoms with Crippen LogP contribution in [0.4, 0.5) is 10.3 Å². The van der Waals surface area contributed by atoms with Crippen LogP contribution in [0.2, 0.25) is 0 Å². The number of aromatic nitrogens is 2. The molecule has 2 aromatic rings. The van der Waals surface area contributed by atoms with E-state index < -0.39 is 0 Å². The second-order valence-corrected chi connectivity index (χ2v) is 4.96. The Morgan fingerprint density at radius 3 is 2.75 bits per heavy atom. The number of imidazole rings is 1. The Bertz CT molecular complexity index is 572. The lowest BCUT2D eigenvalue weighted by Crippen LogP contribution is -2.12. The summed E-state index contributed by atoms with van der Waals surface area (Å²) < 4.78 is 15.0. The average molecular weight is 273 g/mol. The lowest BCUT2D eigenvalue weighted by Gasteiger charge is -2.16. The van der Waals surface area contributed by atoms with E-state index in [1.54, 1.807) is 6.08 Å². The Balaban J connectivity index is 2.13. The highest BCUT2D eigenvalue weighted by Gasteiger charge is 2.12. The van der Waals surface area contributed by atoms with Gasteiger partial charge in [0.1, 0.15) is 5.82 Å². The SMILES string of the molecule is C=CCNc1nc(C)cn1C(C)Cc1ccc(F)cc1. The summed E-state index contributed by atoms with van der Waals surface area (Å²) >= 11 is 0. The van der Waals surface area contributed by atoms with E-state index in [0.29, 0.717) is 6.54 Å². The summed E-state index contributed by atoms with van der Waals surface area (Å²) in [6.07, 6.45) is 4.66. The summed E-state index contributed by atoms with van der Waals surface area (Å²) in [4.78, 5) is 4.47. The average Bonchev–Trinajstić information content (AvgIpc) is 2.80. The second kappa shape index (κ2) is 6.37. The molecule has 0 bridgehead atoms. The van der Waals surface area contributed by atoms with Crippen molar-refractivity contribution in [2.75, 3.05) is 11.9 Å². The van der Waals surface area contributed by atoms with Gasteiger partial charge in [-0.15, -0.1) is 6.58 Å². The van der Waals surface area contributed by atoms with Crippen molar-refractivity contribution in [1.29, 1.82) is 0 Å². The van der Waals surface area contributed by atoms with Crippen LogP contribution in [-0.2, 0) is 6.42 Å². The fourth-order valence-electron chi connectivity index (χ4n) is 2.21. The molecule has 0 aliphatic carbocycles. The normalized spacial score (nSPS) is 12.2. The Hall–Kier alpha value is -2.10. The molecule has 1 atom stereocenters. The third kappa shape index (κ3) is 3.47. The van der Waals surface area contributed by atoms with Crippen LogP contribution in [0, 0.1) is 12.7 Å². The standard InChI is InChI=1S/C16H20FN3/c1-4-9-18-16-19-12(2)11-20(16)13(3)10-14-5-7-15(17)8-6-14/h4-8,11,13H,1,9-10H2,2-3H3,(H,18,19). The number of aryl methyl sites for hydroxylation is 1. The van der Waals surface area contributed by atoms with Crippen LogP contribution in [0.1, 0.15) is 24.2 Å². The molecule has 106 valence electrons. The lowest BCUT2D eigenvalue weighted by atomic mass is 10.1. The fraction of sp³-hybridized carbons (Fsp3) is 0.312. The molecule has 1 N–H and O–H groups in total. The zero-order valence-electron chi connectivity index (χ0n) is 11.9. The molecule has 1 unspecified atom stereocenters. The van der Waals surface area contributed by atoms with Crippen molar-refractivity contribution in [3.63, 3.8) is 0 Å². The summed E-state index contributed by atoms with van der Waals surface area (Å²) in [5.74, 6) is 0.644. The molecule has 0 saturated carbocycles. The van der Waals surface area contributed by atoms with Gasteiger partial charge < -0.3 is 9.88 Å². The molecule has 2 rings (SSSR count). The lowest BCUT2D eigenvalue weighted by molar-refractivity contribution is 0.548. The second-order valence-electron chi connectivity index (χ2n) is 4.96. The Labute approximate surface area is 119 Å². The van der Waals surface area contributed by atoms with E-state index in [1.807, 2.05) is 25.3 Å². The number of benzene rings is 1. The highest BCUT2D eigenvalue weighted by molar-refractivity contribution is 5.31. The summed E-state index contributed by atoms with van der Waals surface area (Å²) in [5, 5.41) is 3.23.